The highest BCUT2D eigenvalue weighted by atomic mass is 35.5. The average Bonchev–Trinajstić information content (AvgIpc) is 2.38. The molecule has 5 nitrogen and oxygen atoms in total. The number of amides is 2. The Morgan fingerprint density at radius 2 is 2.05 bits per heavy atom. The predicted molar refractivity (Wildman–Crippen MR) is 74.1 cm³/mol. The van der Waals surface area contributed by atoms with Gasteiger partial charge >= 0.3 is 0 Å². The van der Waals surface area contributed by atoms with Crippen molar-refractivity contribution in [3.8, 4) is 0 Å². The smallest absolute Gasteiger partial charge is 0.255 e. The molecular formula is C12H14Cl2FN3O2. The molecule has 20 heavy (non-hydrogen) atoms. The molecule has 0 aliphatic rings. The minimum Gasteiger partial charge on any atom is -0.368 e. The highest BCUT2D eigenvalue weighted by Gasteiger charge is 2.25. The maximum absolute atomic E-state index is 13.3. The first-order valence-electron chi connectivity index (χ1n) is 5.89. The van der Waals surface area contributed by atoms with Crippen molar-refractivity contribution in [3.05, 3.63) is 27.8 Å². The Morgan fingerprint density at radius 3 is 2.55 bits per heavy atom. The minimum absolute atomic E-state index is 0.166. The molecule has 0 aliphatic carbocycles. The summed E-state index contributed by atoms with van der Waals surface area (Å²) in [5.41, 5.74) is 5.03. The molecule has 110 valence electrons. The number of pyridine rings is 1. The Balaban J connectivity index is 3.01. The van der Waals surface area contributed by atoms with Crippen LogP contribution in [0.15, 0.2) is 6.07 Å². The molecule has 0 fully saturated rings. The number of primary amides is 1. The first-order valence-corrected chi connectivity index (χ1v) is 6.65. The molecule has 0 saturated carbocycles. The van der Waals surface area contributed by atoms with Gasteiger partial charge in [0, 0.05) is 0 Å². The van der Waals surface area contributed by atoms with Crippen LogP contribution in [0.2, 0.25) is 10.3 Å². The summed E-state index contributed by atoms with van der Waals surface area (Å²) < 4.78 is 13.3. The topological polar surface area (TPSA) is 85.1 Å². The van der Waals surface area contributed by atoms with Gasteiger partial charge in [0.15, 0.2) is 11.0 Å². The van der Waals surface area contributed by atoms with Crippen LogP contribution in [0.3, 0.4) is 0 Å². The Morgan fingerprint density at radius 1 is 1.45 bits per heavy atom. The molecule has 1 heterocycles. The van der Waals surface area contributed by atoms with Crippen LogP contribution in [0.5, 0.6) is 0 Å². The van der Waals surface area contributed by atoms with E-state index in [1.165, 1.54) is 0 Å². The van der Waals surface area contributed by atoms with E-state index in [0.29, 0.717) is 6.42 Å². The summed E-state index contributed by atoms with van der Waals surface area (Å²) in [6.07, 6.45) is 0.634. The minimum atomic E-state index is -0.875. The summed E-state index contributed by atoms with van der Waals surface area (Å²) in [6.45, 7) is 3.61. The maximum Gasteiger partial charge on any atom is 0.255 e. The van der Waals surface area contributed by atoms with Gasteiger partial charge in [0.05, 0.1) is 5.56 Å². The van der Waals surface area contributed by atoms with Crippen LogP contribution in [-0.2, 0) is 4.79 Å². The number of hydrogen-bond donors (Lipinski definition) is 2. The summed E-state index contributed by atoms with van der Waals surface area (Å²) in [4.78, 5) is 26.8. The number of halogens is 3. The van der Waals surface area contributed by atoms with Crippen LogP contribution in [0.1, 0.15) is 30.6 Å². The second kappa shape index (κ2) is 6.85. The van der Waals surface area contributed by atoms with E-state index in [4.69, 9.17) is 28.9 Å². The molecular weight excluding hydrogens is 308 g/mol. The molecule has 0 radical (unpaired) electrons. The SMILES string of the molecule is CCC(C)C(NC(=O)c1cc(F)c(Cl)nc1Cl)C(N)=O. The lowest BCUT2D eigenvalue weighted by atomic mass is 9.98. The van der Waals surface area contributed by atoms with Gasteiger partial charge in [-0.25, -0.2) is 9.37 Å². The van der Waals surface area contributed by atoms with Crippen molar-refractivity contribution in [1.82, 2.24) is 10.3 Å². The van der Waals surface area contributed by atoms with Crippen LogP contribution in [0.4, 0.5) is 4.39 Å². The first-order chi connectivity index (χ1) is 9.27. The van der Waals surface area contributed by atoms with E-state index in [-0.39, 0.29) is 16.6 Å². The third-order valence-corrected chi connectivity index (χ3v) is 3.49. The summed E-state index contributed by atoms with van der Waals surface area (Å²) >= 11 is 11.2. The molecule has 2 amide bonds. The van der Waals surface area contributed by atoms with E-state index in [1.54, 1.807) is 6.92 Å². The molecule has 8 heteroatoms. The van der Waals surface area contributed by atoms with E-state index < -0.39 is 28.8 Å². The zero-order valence-corrected chi connectivity index (χ0v) is 12.4. The predicted octanol–water partition coefficient (Wildman–Crippen LogP) is 2.16. The summed E-state index contributed by atoms with van der Waals surface area (Å²) in [5, 5.41) is 1.74. The molecule has 0 spiro atoms. The molecule has 1 aromatic rings. The Labute approximate surface area is 125 Å². The van der Waals surface area contributed by atoms with Gasteiger partial charge in [-0.15, -0.1) is 0 Å². The largest absolute Gasteiger partial charge is 0.368 e. The van der Waals surface area contributed by atoms with Gasteiger partial charge in [-0.1, -0.05) is 43.5 Å². The van der Waals surface area contributed by atoms with Crippen LogP contribution in [0, 0.1) is 11.7 Å². The van der Waals surface area contributed by atoms with Crippen molar-refractivity contribution >= 4 is 35.0 Å². The van der Waals surface area contributed by atoms with Gasteiger partial charge in [-0.05, 0) is 12.0 Å². The van der Waals surface area contributed by atoms with Gasteiger partial charge in [-0.3, -0.25) is 9.59 Å². The lowest BCUT2D eigenvalue weighted by molar-refractivity contribution is -0.120. The van der Waals surface area contributed by atoms with Crippen LogP contribution < -0.4 is 11.1 Å². The zero-order chi connectivity index (χ0) is 15.4. The number of nitrogens with two attached hydrogens (primary N) is 1. The molecule has 1 aromatic heterocycles. The van der Waals surface area contributed by atoms with Gasteiger partial charge in [0.2, 0.25) is 5.91 Å². The summed E-state index contributed by atoms with van der Waals surface area (Å²) in [7, 11) is 0. The van der Waals surface area contributed by atoms with Gasteiger partial charge in [0.1, 0.15) is 11.2 Å². The van der Waals surface area contributed by atoms with Crippen molar-refractivity contribution < 1.29 is 14.0 Å². The van der Waals surface area contributed by atoms with E-state index in [1.807, 2.05) is 6.92 Å². The normalized spacial score (nSPS) is 13.7. The Bertz CT molecular complexity index is 540. The Hall–Kier alpha value is -1.40. The highest BCUT2D eigenvalue weighted by molar-refractivity contribution is 6.34. The first kappa shape index (κ1) is 16.7. The quantitative estimate of drug-likeness (QED) is 0.815. The van der Waals surface area contributed by atoms with Crippen molar-refractivity contribution in [2.75, 3.05) is 0 Å². The Kier molecular flexibility index (Phi) is 5.71. The number of rotatable bonds is 5. The highest BCUT2D eigenvalue weighted by Crippen LogP contribution is 2.20. The lowest BCUT2D eigenvalue weighted by Crippen LogP contribution is -2.48. The molecule has 3 N–H and O–H groups in total. The molecule has 1 rings (SSSR count). The second-order valence-corrected chi connectivity index (χ2v) is 5.05. The zero-order valence-electron chi connectivity index (χ0n) is 10.9. The summed E-state index contributed by atoms with van der Waals surface area (Å²) in [6, 6.07) is -0.0101. The average molecular weight is 322 g/mol. The number of carbonyl (C=O) groups is 2. The number of hydrogen-bond acceptors (Lipinski definition) is 3. The van der Waals surface area contributed by atoms with E-state index >= 15 is 0 Å². The second-order valence-electron chi connectivity index (χ2n) is 4.34. The van der Waals surface area contributed by atoms with E-state index in [9.17, 15) is 14.0 Å². The van der Waals surface area contributed by atoms with Crippen molar-refractivity contribution in [2.24, 2.45) is 11.7 Å². The molecule has 0 aliphatic heterocycles. The van der Waals surface area contributed by atoms with E-state index in [0.717, 1.165) is 6.07 Å². The number of nitrogens with one attached hydrogen (secondary N) is 1. The molecule has 2 atom stereocenters. The van der Waals surface area contributed by atoms with E-state index in [2.05, 4.69) is 10.3 Å². The molecule has 0 aromatic carbocycles. The van der Waals surface area contributed by atoms with Crippen molar-refractivity contribution in [2.45, 2.75) is 26.3 Å². The van der Waals surface area contributed by atoms with Crippen LogP contribution in [0.25, 0.3) is 0 Å². The number of carbonyl (C=O) groups excluding carboxylic acids is 2. The molecule has 0 saturated heterocycles. The molecule has 0 bridgehead atoms. The van der Waals surface area contributed by atoms with Gasteiger partial charge < -0.3 is 11.1 Å². The van der Waals surface area contributed by atoms with Crippen LogP contribution >= 0.6 is 23.2 Å². The van der Waals surface area contributed by atoms with Gasteiger partial charge in [0.25, 0.3) is 5.91 Å². The van der Waals surface area contributed by atoms with Crippen LogP contribution in [-0.4, -0.2) is 22.8 Å². The fourth-order valence-electron chi connectivity index (χ4n) is 1.55. The third kappa shape index (κ3) is 3.80. The third-order valence-electron chi connectivity index (χ3n) is 2.94. The summed E-state index contributed by atoms with van der Waals surface area (Å²) in [5.74, 6) is -2.45. The maximum atomic E-state index is 13.3. The lowest BCUT2D eigenvalue weighted by Gasteiger charge is -2.21. The number of aromatic nitrogens is 1. The monoisotopic (exact) mass is 321 g/mol. The fraction of sp³-hybridized carbons (Fsp3) is 0.417. The molecule has 2 unspecified atom stereocenters. The standard InChI is InChI=1S/C12H14Cl2FN3O2/c1-3-5(2)8(11(16)19)17-12(20)6-4-7(15)10(14)18-9(6)13/h4-5,8H,3H2,1-2H3,(H2,16,19)(H,17,20). The van der Waals surface area contributed by atoms with Gasteiger partial charge in [-0.2, -0.15) is 0 Å². The van der Waals surface area contributed by atoms with Crippen molar-refractivity contribution in [1.29, 1.82) is 0 Å². The number of nitrogens with zero attached hydrogens (tertiary/aromatic N) is 1. The fourth-order valence-corrected chi connectivity index (χ4v) is 1.96. The van der Waals surface area contributed by atoms with Crippen molar-refractivity contribution in [3.63, 3.8) is 0 Å².